The van der Waals surface area contributed by atoms with E-state index in [2.05, 4.69) is 5.32 Å². The van der Waals surface area contributed by atoms with Crippen LogP contribution in [-0.4, -0.2) is 25.2 Å². The first kappa shape index (κ1) is 13.1. The monoisotopic (exact) mass is 251 g/mol. The van der Waals surface area contributed by atoms with Crippen molar-refractivity contribution in [2.75, 3.05) is 13.2 Å². The summed E-state index contributed by atoms with van der Waals surface area (Å²) in [5, 5.41) is 2.91. The number of nitrogens with one attached hydrogen (secondary N) is 1. The molecule has 0 radical (unpaired) electrons. The second-order valence-electron chi connectivity index (χ2n) is 4.71. The van der Waals surface area contributed by atoms with Crippen molar-refractivity contribution >= 4 is 5.91 Å². The van der Waals surface area contributed by atoms with E-state index < -0.39 is 0 Å². The van der Waals surface area contributed by atoms with Gasteiger partial charge in [0.2, 0.25) is 5.91 Å². The van der Waals surface area contributed by atoms with Crippen molar-refractivity contribution in [3.63, 3.8) is 0 Å². The van der Waals surface area contributed by atoms with Crippen molar-refractivity contribution in [3.05, 3.63) is 24.2 Å². The number of rotatable bonds is 6. The molecule has 1 fully saturated rings. The highest BCUT2D eigenvalue weighted by Crippen LogP contribution is 2.16. The Hall–Kier alpha value is -1.29. The molecule has 0 bridgehead atoms. The maximum absolute atomic E-state index is 11.6. The predicted octanol–water partition coefficient (Wildman–Crippen LogP) is 2.29. The van der Waals surface area contributed by atoms with E-state index in [0.717, 1.165) is 38.1 Å². The molecule has 1 aliphatic rings. The molecule has 2 heterocycles. The molecule has 0 aromatic carbocycles. The van der Waals surface area contributed by atoms with E-state index in [1.165, 1.54) is 6.42 Å². The molecule has 0 spiro atoms. The van der Waals surface area contributed by atoms with Gasteiger partial charge in [0, 0.05) is 26.0 Å². The molecule has 0 aliphatic carbocycles. The molecule has 0 unspecified atom stereocenters. The van der Waals surface area contributed by atoms with Gasteiger partial charge in [-0.25, -0.2) is 0 Å². The van der Waals surface area contributed by atoms with Gasteiger partial charge < -0.3 is 14.5 Å². The summed E-state index contributed by atoms with van der Waals surface area (Å²) in [7, 11) is 0. The summed E-state index contributed by atoms with van der Waals surface area (Å²) in [6, 6.07) is 3.78. The average molecular weight is 251 g/mol. The van der Waals surface area contributed by atoms with Crippen LogP contribution >= 0.6 is 0 Å². The number of hydrogen-bond donors (Lipinski definition) is 1. The maximum Gasteiger partial charge on any atom is 0.220 e. The molecule has 4 nitrogen and oxygen atoms in total. The normalized spacial score (nSPS) is 19.7. The van der Waals surface area contributed by atoms with Gasteiger partial charge in [-0.05, 0) is 37.8 Å². The van der Waals surface area contributed by atoms with Crippen LogP contribution in [0.4, 0.5) is 0 Å². The minimum absolute atomic E-state index is 0.107. The van der Waals surface area contributed by atoms with Crippen LogP contribution in [0.2, 0.25) is 0 Å². The van der Waals surface area contributed by atoms with Crippen molar-refractivity contribution in [2.24, 2.45) is 0 Å². The summed E-state index contributed by atoms with van der Waals surface area (Å²) in [6.45, 7) is 1.49. The van der Waals surface area contributed by atoms with Gasteiger partial charge in [-0.3, -0.25) is 4.79 Å². The Morgan fingerprint density at radius 3 is 3.11 bits per heavy atom. The van der Waals surface area contributed by atoms with Crippen LogP contribution in [0.3, 0.4) is 0 Å². The van der Waals surface area contributed by atoms with Crippen LogP contribution in [0.5, 0.6) is 0 Å². The van der Waals surface area contributed by atoms with Crippen molar-refractivity contribution in [2.45, 2.75) is 44.6 Å². The minimum Gasteiger partial charge on any atom is -0.469 e. The second kappa shape index (κ2) is 7.21. The highest BCUT2D eigenvalue weighted by Gasteiger charge is 2.14. The van der Waals surface area contributed by atoms with E-state index in [4.69, 9.17) is 9.15 Å². The van der Waals surface area contributed by atoms with Gasteiger partial charge in [0.1, 0.15) is 5.76 Å². The number of hydrogen-bond acceptors (Lipinski definition) is 3. The van der Waals surface area contributed by atoms with Gasteiger partial charge in [0.05, 0.1) is 12.4 Å². The SMILES string of the molecule is O=C(CC[C@@H]1CCCCO1)NCCc1ccco1. The molecule has 1 N–H and O–H groups in total. The Bertz CT molecular complexity index is 342. The quantitative estimate of drug-likeness (QED) is 0.844. The lowest BCUT2D eigenvalue weighted by Gasteiger charge is -2.22. The largest absolute Gasteiger partial charge is 0.469 e. The highest BCUT2D eigenvalue weighted by atomic mass is 16.5. The number of amides is 1. The Balaban J connectivity index is 1.54. The third-order valence-electron chi connectivity index (χ3n) is 3.24. The molecule has 1 aromatic rings. The summed E-state index contributed by atoms with van der Waals surface area (Å²) in [4.78, 5) is 11.6. The second-order valence-corrected chi connectivity index (χ2v) is 4.71. The molecule has 1 aromatic heterocycles. The van der Waals surface area contributed by atoms with Crippen LogP contribution < -0.4 is 5.32 Å². The van der Waals surface area contributed by atoms with Crippen molar-refractivity contribution in [1.82, 2.24) is 5.32 Å². The average Bonchev–Trinajstić information content (AvgIpc) is 2.91. The number of furan rings is 1. The van der Waals surface area contributed by atoms with E-state index in [0.29, 0.717) is 13.0 Å². The van der Waals surface area contributed by atoms with Gasteiger partial charge in [-0.2, -0.15) is 0 Å². The smallest absolute Gasteiger partial charge is 0.220 e. The summed E-state index contributed by atoms with van der Waals surface area (Å²) in [6.07, 6.45) is 7.57. The standard InChI is InChI=1S/C14H21NO3/c16-14(7-6-12-4-1-2-10-17-12)15-9-8-13-5-3-11-18-13/h3,5,11-12H,1-2,4,6-10H2,(H,15,16)/t12-/m0/s1. The van der Waals surface area contributed by atoms with Gasteiger partial charge in [-0.1, -0.05) is 0 Å². The number of carbonyl (C=O) groups is 1. The van der Waals surface area contributed by atoms with Crippen LogP contribution in [-0.2, 0) is 16.0 Å². The summed E-state index contributed by atoms with van der Waals surface area (Å²) in [5.74, 6) is 1.02. The van der Waals surface area contributed by atoms with Crippen LogP contribution in [0.1, 0.15) is 37.9 Å². The molecule has 1 atom stereocenters. The molecule has 2 rings (SSSR count). The fourth-order valence-corrected chi connectivity index (χ4v) is 2.20. The first-order valence-electron chi connectivity index (χ1n) is 6.75. The topological polar surface area (TPSA) is 51.5 Å². The predicted molar refractivity (Wildman–Crippen MR) is 68.2 cm³/mol. The molecule has 0 saturated carbocycles. The molecular formula is C14H21NO3. The Labute approximate surface area is 108 Å². The first-order valence-corrected chi connectivity index (χ1v) is 6.75. The Kier molecular flexibility index (Phi) is 5.27. The lowest BCUT2D eigenvalue weighted by Crippen LogP contribution is -2.27. The lowest BCUT2D eigenvalue weighted by molar-refractivity contribution is -0.122. The zero-order chi connectivity index (χ0) is 12.6. The van der Waals surface area contributed by atoms with Crippen LogP contribution in [0, 0.1) is 0 Å². The number of ether oxygens (including phenoxy) is 1. The molecular weight excluding hydrogens is 230 g/mol. The van der Waals surface area contributed by atoms with Gasteiger partial charge in [0.15, 0.2) is 0 Å². The van der Waals surface area contributed by atoms with E-state index in [-0.39, 0.29) is 12.0 Å². The molecule has 18 heavy (non-hydrogen) atoms. The molecule has 4 heteroatoms. The van der Waals surface area contributed by atoms with E-state index in [9.17, 15) is 4.79 Å². The molecule has 1 saturated heterocycles. The van der Waals surface area contributed by atoms with Crippen molar-refractivity contribution < 1.29 is 13.9 Å². The van der Waals surface area contributed by atoms with Gasteiger partial charge in [-0.15, -0.1) is 0 Å². The Morgan fingerprint density at radius 1 is 1.44 bits per heavy atom. The third-order valence-corrected chi connectivity index (χ3v) is 3.24. The van der Waals surface area contributed by atoms with Gasteiger partial charge >= 0.3 is 0 Å². The van der Waals surface area contributed by atoms with Crippen LogP contribution in [0.15, 0.2) is 22.8 Å². The van der Waals surface area contributed by atoms with E-state index in [1.54, 1.807) is 6.26 Å². The first-order chi connectivity index (χ1) is 8.84. The van der Waals surface area contributed by atoms with E-state index >= 15 is 0 Å². The lowest BCUT2D eigenvalue weighted by atomic mass is 10.0. The van der Waals surface area contributed by atoms with Crippen LogP contribution in [0.25, 0.3) is 0 Å². The summed E-state index contributed by atoms with van der Waals surface area (Å²) in [5.41, 5.74) is 0. The molecule has 1 amide bonds. The highest BCUT2D eigenvalue weighted by molar-refractivity contribution is 5.75. The summed E-state index contributed by atoms with van der Waals surface area (Å²) >= 11 is 0. The maximum atomic E-state index is 11.6. The minimum atomic E-state index is 0.107. The van der Waals surface area contributed by atoms with Gasteiger partial charge in [0.25, 0.3) is 0 Å². The zero-order valence-electron chi connectivity index (χ0n) is 10.7. The number of carbonyl (C=O) groups excluding carboxylic acids is 1. The molecule has 1 aliphatic heterocycles. The summed E-state index contributed by atoms with van der Waals surface area (Å²) < 4.78 is 10.8. The van der Waals surface area contributed by atoms with E-state index in [1.807, 2.05) is 12.1 Å². The van der Waals surface area contributed by atoms with Crippen molar-refractivity contribution in [1.29, 1.82) is 0 Å². The van der Waals surface area contributed by atoms with Crippen molar-refractivity contribution in [3.8, 4) is 0 Å². The zero-order valence-corrected chi connectivity index (χ0v) is 10.7. The fraction of sp³-hybridized carbons (Fsp3) is 0.643. The fourth-order valence-electron chi connectivity index (χ4n) is 2.20. The molecule has 100 valence electrons. The third kappa shape index (κ3) is 4.53. The Morgan fingerprint density at radius 2 is 2.39 bits per heavy atom.